The summed E-state index contributed by atoms with van der Waals surface area (Å²) in [4.78, 5) is 29.3. The Morgan fingerprint density at radius 2 is 1.31 bits per heavy atom. The lowest BCUT2D eigenvalue weighted by Gasteiger charge is -2.37. The molecule has 0 fully saturated rings. The normalized spacial score (nSPS) is 17.4. The van der Waals surface area contributed by atoms with Crippen LogP contribution in [-0.2, 0) is 9.47 Å². The van der Waals surface area contributed by atoms with Gasteiger partial charge in [-0.25, -0.2) is 9.59 Å². The van der Waals surface area contributed by atoms with E-state index in [0.29, 0.717) is 16.8 Å². The van der Waals surface area contributed by atoms with E-state index in [1.54, 1.807) is 81.4 Å². The zero-order chi connectivity index (χ0) is 21.1. The van der Waals surface area contributed by atoms with Crippen LogP contribution >= 0.6 is 0 Å². The Kier molecular flexibility index (Phi) is 5.81. The third-order valence-electron chi connectivity index (χ3n) is 5.07. The van der Waals surface area contributed by atoms with Crippen LogP contribution in [0.15, 0.2) is 65.7 Å². The number of hydrogen-bond donors (Lipinski definition) is 1. The molecule has 7 heteroatoms. The third-order valence-corrected chi connectivity index (χ3v) is 5.07. The summed E-state index contributed by atoms with van der Waals surface area (Å²) in [7, 11) is 0. The number of hydrogen-bond acceptors (Lipinski definition) is 7. The highest BCUT2D eigenvalue weighted by Crippen LogP contribution is 2.34. The highest BCUT2D eigenvalue weighted by molar-refractivity contribution is 5.93. The third kappa shape index (κ3) is 4.21. The number of nitrogens with zero attached hydrogens (tertiary/aromatic N) is 2. The highest BCUT2D eigenvalue weighted by atomic mass is 16.6. The summed E-state index contributed by atoms with van der Waals surface area (Å²) in [6, 6.07) is 17.0. The van der Waals surface area contributed by atoms with Gasteiger partial charge in [0.25, 0.3) is 0 Å². The van der Waals surface area contributed by atoms with Gasteiger partial charge in [-0.15, -0.1) is 5.06 Å². The van der Waals surface area contributed by atoms with Crippen molar-refractivity contribution in [2.24, 2.45) is 4.99 Å². The first-order valence-electron chi connectivity index (χ1n) is 9.27. The molecule has 1 heterocycles. The molecular weight excluding hydrogens is 372 g/mol. The molecule has 0 atom stereocenters. The maximum Gasteiger partial charge on any atom is 0.338 e. The fourth-order valence-electron chi connectivity index (χ4n) is 3.08. The number of esters is 2. The Labute approximate surface area is 169 Å². The van der Waals surface area contributed by atoms with Crippen LogP contribution in [0, 0.1) is 0 Å². The van der Waals surface area contributed by atoms with Crippen molar-refractivity contribution in [1.82, 2.24) is 5.06 Å². The molecule has 1 N–H and O–H groups in total. The van der Waals surface area contributed by atoms with Crippen LogP contribution in [0.5, 0.6) is 0 Å². The van der Waals surface area contributed by atoms with Gasteiger partial charge in [0.15, 0.2) is 0 Å². The lowest BCUT2D eigenvalue weighted by molar-refractivity contribution is -0.220. The van der Waals surface area contributed by atoms with Gasteiger partial charge in [-0.05, 0) is 45.0 Å². The van der Waals surface area contributed by atoms with E-state index in [-0.39, 0.29) is 13.2 Å². The van der Waals surface area contributed by atoms with Crippen LogP contribution in [-0.4, -0.2) is 52.3 Å². The quantitative estimate of drug-likeness (QED) is 0.754. The standard InChI is InChI=1S/C22H24N2O5/c1-16-21(2,3)24(27)22(23-16,14-28-19(25)17-10-6-4-7-11-17)15-29-20(26)18-12-8-5-9-13-18/h4-13,27H,14-15H2,1-3H3. The molecule has 152 valence electrons. The number of carbonyl (C=O) groups is 2. The molecule has 29 heavy (non-hydrogen) atoms. The minimum atomic E-state index is -1.43. The molecule has 0 bridgehead atoms. The molecule has 0 aromatic heterocycles. The van der Waals surface area contributed by atoms with Crippen LogP contribution in [0.25, 0.3) is 0 Å². The lowest BCUT2D eigenvalue weighted by Crippen LogP contribution is -2.57. The first-order valence-corrected chi connectivity index (χ1v) is 9.27. The Morgan fingerprint density at radius 1 is 0.897 bits per heavy atom. The van der Waals surface area contributed by atoms with Crippen LogP contribution in [0.3, 0.4) is 0 Å². The second-order valence-electron chi connectivity index (χ2n) is 7.43. The average molecular weight is 396 g/mol. The van der Waals surface area contributed by atoms with Gasteiger partial charge < -0.3 is 14.7 Å². The van der Waals surface area contributed by atoms with E-state index in [1.165, 1.54) is 0 Å². The fraction of sp³-hybridized carbons (Fsp3) is 0.318. The molecule has 0 spiro atoms. The molecule has 0 amide bonds. The second-order valence-corrected chi connectivity index (χ2v) is 7.43. The van der Waals surface area contributed by atoms with Crippen LogP contribution in [0.1, 0.15) is 41.5 Å². The van der Waals surface area contributed by atoms with Crippen molar-refractivity contribution < 1.29 is 24.3 Å². The summed E-state index contributed by atoms with van der Waals surface area (Å²) >= 11 is 0. The van der Waals surface area contributed by atoms with Gasteiger partial charge >= 0.3 is 11.9 Å². The van der Waals surface area contributed by atoms with Crippen LogP contribution in [0.4, 0.5) is 0 Å². The minimum absolute atomic E-state index is 0.278. The van der Waals surface area contributed by atoms with Gasteiger partial charge in [0.1, 0.15) is 13.2 Å². The smallest absolute Gasteiger partial charge is 0.338 e. The number of rotatable bonds is 6. The largest absolute Gasteiger partial charge is 0.458 e. The highest BCUT2D eigenvalue weighted by Gasteiger charge is 2.53. The van der Waals surface area contributed by atoms with E-state index < -0.39 is 23.1 Å². The molecule has 1 aliphatic heterocycles. The molecule has 0 saturated carbocycles. The molecule has 2 aromatic carbocycles. The van der Waals surface area contributed by atoms with Gasteiger partial charge in [-0.3, -0.25) is 4.99 Å². The first-order chi connectivity index (χ1) is 13.8. The van der Waals surface area contributed by atoms with Crippen molar-refractivity contribution in [3.63, 3.8) is 0 Å². The van der Waals surface area contributed by atoms with Gasteiger partial charge in [-0.2, -0.15) is 0 Å². The monoisotopic (exact) mass is 396 g/mol. The predicted molar refractivity (Wildman–Crippen MR) is 107 cm³/mol. The van der Waals surface area contributed by atoms with Gasteiger partial charge in [0.2, 0.25) is 5.66 Å². The number of hydroxylamine groups is 2. The molecular formula is C22H24N2O5. The van der Waals surface area contributed by atoms with E-state index >= 15 is 0 Å². The number of carbonyl (C=O) groups excluding carboxylic acids is 2. The lowest BCUT2D eigenvalue weighted by atomic mass is 10.00. The summed E-state index contributed by atoms with van der Waals surface area (Å²) in [6.45, 7) is 4.78. The molecule has 0 aliphatic carbocycles. The van der Waals surface area contributed by atoms with E-state index in [0.717, 1.165) is 5.06 Å². The average Bonchev–Trinajstić information content (AvgIpc) is 2.91. The van der Waals surface area contributed by atoms with E-state index in [1.807, 2.05) is 0 Å². The molecule has 2 aromatic rings. The van der Waals surface area contributed by atoms with Crippen LogP contribution in [0.2, 0.25) is 0 Å². The maximum atomic E-state index is 12.4. The Balaban J connectivity index is 1.78. The summed E-state index contributed by atoms with van der Waals surface area (Å²) in [5, 5.41) is 11.8. The van der Waals surface area contributed by atoms with Crippen molar-refractivity contribution in [1.29, 1.82) is 0 Å². The number of ether oxygens (including phenoxy) is 2. The number of aliphatic imine (C=N–C) groups is 1. The second kappa shape index (κ2) is 8.14. The molecule has 1 aliphatic rings. The maximum absolute atomic E-state index is 12.4. The summed E-state index contributed by atoms with van der Waals surface area (Å²) in [5.41, 5.74) is -0.842. The summed E-state index contributed by atoms with van der Waals surface area (Å²) in [6.07, 6.45) is 0. The van der Waals surface area contributed by atoms with E-state index in [9.17, 15) is 14.8 Å². The molecule has 0 unspecified atom stereocenters. The molecule has 3 rings (SSSR count). The first kappa shape index (κ1) is 20.7. The van der Waals surface area contributed by atoms with Crippen molar-refractivity contribution in [2.75, 3.05) is 13.2 Å². The Bertz CT molecular complexity index is 854. The van der Waals surface area contributed by atoms with E-state index in [4.69, 9.17) is 9.47 Å². The van der Waals surface area contributed by atoms with Crippen molar-refractivity contribution >= 4 is 17.7 Å². The SMILES string of the molecule is CC1=NC(COC(=O)c2ccccc2)(COC(=O)c2ccccc2)N(O)C1(C)C. The summed E-state index contributed by atoms with van der Waals surface area (Å²) < 4.78 is 10.9. The number of benzene rings is 2. The topological polar surface area (TPSA) is 88.4 Å². The van der Waals surface area contributed by atoms with Crippen LogP contribution < -0.4 is 0 Å². The molecule has 0 radical (unpaired) electrons. The van der Waals surface area contributed by atoms with Crippen molar-refractivity contribution in [3.8, 4) is 0 Å². The zero-order valence-corrected chi connectivity index (χ0v) is 16.7. The Hall–Kier alpha value is -3.03. The Morgan fingerprint density at radius 3 is 1.66 bits per heavy atom. The predicted octanol–water partition coefficient (Wildman–Crippen LogP) is 3.34. The minimum Gasteiger partial charge on any atom is -0.458 e. The van der Waals surface area contributed by atoms with E-state index in [2.05, 4.69) is 4.99 Å². The summed E-state index contributed by atoms with van der Waals surface area (Å²) in [5.74, 6) is -1.10. The van der Waals surface area contributed by atoms with Gasteiger partial charge in [-0.1, -0.05) is 36.4 Å². The van der Waals surface area contributed by atoms with Crippen molar-refractivity contribution in [2.45, 2.75) is 32.0 Å². The van der Waals surface area contributed by atoms with Gasteiger partial charge in [0, 0.05) is 5.71 Å². The zero-order valence-electron chi connectivity index (χ0n) is 16.7. The molecule has 0 saturated heterocycles. The van der Waals surface area contributed by atoms with Crippen molar-refractivity contribution in [3.05, 3.63) is 71.8 Å². The molecule has 7 nitrogen and oxygen atoms in total. The van der Waals surface area contributed by atoms with Gasteiger partial charge in [0.05, 0.1) is 16.7 Å². The fourth-order valence-corrected chi connectivity index (χ4v) is 3.08.